The normalized spacial score (nSPS) is 11.7. The highest BCUT2D eigenvalue weighted by molar-refractivity contribution is 6.30. The Kier molecular flexibility index (Phi) is 5.57. The second kappa shape index (κ2) is 6.94. The molecule has 19 heavy (non-hydrogen) atoms. The molecule has 1 aromatic rings. The largest absolute Gasteiger partial charge is 0.481 e. The van der Waals surface area contributed by atoms with Gasteiger partial charge in [-0.2, -0.15) is 0 Å². The number of carboxylic acids is 1. The zero-order valence-corrected chi connectivity index (χ0v) is 11.0. The molecule has 1 rings (SSSR count). The average molecular weight is 289 g/mol. The number of carbonyl (C=O) groups is 2. The van der Waals surface area contributed by atoms with Gasteiger partial charge in [-0.3, -0.25) is 4.79 Å². The van der Waals surface area contributed by atoms with Gasteiger partial charge in [-0.25, -0.2) is 9.18 Å². The molecule has 1 atom stereocenters. The SMILES string of the molecule is CCC(CNC(=O)Nc1ccc(Cl)c(F)c1)C(=O)O. The molecule has 5 nitrogen and oxygen atoms in total. The van der Waals surface area contributed by atoms with Crippen molar-refractivity contribution in [2.75, 3.05) is 11.9 Å². The van der Waals surface area contributed by atoms with Crippen molar-refractivity contribution < 1.29 is 19.1 Å². The minimum absolute atomic E-state index is 0.00768. The number of aliphatic carboxylic acids is 1. The first-order chi connectivity index (χ1) is 8.93. The van der Waals surface area contributed by atoms with E-state index >= 15 is 0 Å². The molecule has 0 heterocycles. The van der Waals surface area contributed by atoms with Gasteiger partial charge in [0.05, 0.1) is 10.9 Å². The molecule has 7 heteroatoms. The number of nitrogens with one attached hydrogen (secondary N) is 2. The summed E-state index contributed by atoms with van der Waals surface area (Å²) in [5, 5.41) is 13.6. The lowest BCUT2D eigenvalue weighted by atomic mass is 10.1. The van der Waals surface area contributed by atoms with Crippen LogP contribution in [0.3, 0.4) is 0 Å². The van der Waals surface area contributed by atoms with Gasteiger partial charge in [0, 0.05) is 12.2 Å². The highest BCUT2D eigenvalue weighted by Crippen LogP contribution is 2.18. The van der Waals surface area contributed by atoms with Crippen molar-refractivity contribution in [3.8, 4) is 0 Å². The quantitative estimate of drug-likeness (QED) is 0.779. The average Bonchev–Trinajstić information content (AvgIpc) is 2.34. The molecule has 3 N–H and O–H groups in total. The van der Waals surface area contributed by atoms with Gasteiger partial charge in [-0.15, -0.1) is 0 Å². The fourth-order valence-electron chi connectivity index (χ4n) is 1.37. The molecule has 104 valence electrons. The number of amides is 2. The number of benzene rings is 1. The van der Waals surface area contributed by atoms with Crippen molar-refractivity contribution >= 4 is 29.3 Å². The topological polar surface area (TPSA) is 78.4 Å². The van der Waals surface area contributed by atoms with Crippen LogP contribution in [0.4, 0.5) is 14.9 Å². The molecule has 2 amide bonds. The van der Waals surface area contributed by atoms with Crippen molar-refractivity contribution in [3.05, 3.63) is 29.0 Å². The highest BCUT2D eigenvalue weighted by Gasteiger charge is 2.15. The molecule has 0 saturated carbocycles. The molecule has 1 unspecified atom stereocenters. The van der Waals surface area contributed by atoms with Gasteiger partial charge in [0.2, 0.25) is 0 Å². The number of halogens is 2. The van der Waals surface area contributed by atoms with E-state index < -0.39 is 23.7 Å². The van der Waals surface area contributed by atoms with E-state index in [-0.39, 0.29) is 17.3 Å². The van der Waals surface area contributed by atoms with Gasteiger partial charge < -0.3 is 15.7 Å². The van der Waals surface area contributed by atoms with Crippen molar-refractivity contribution in [2.45, 2.75) is 13.3 Å². The van der Waals surface area contributed by atoms with Crippen molar-refractivity contribution in [2.24, 2.45) is 5.92 Å². The summed E-state index contributed by atoms with van der Waals surface area (Å²) in [4.78, 5) is 22.2. The number of carbonyl (C=O) groups excluding carboxylic acids is 1. The maximum atomic E-state index is 13.1. The second-order valence-electron chi connectivity index (χ2n) is 3.91. The highest BCUT2D eigenvalue weighted by atomic mass is 35.5. The van der Waals surface area contributed by atoms with Crippen LogP contribution in [0.2, 0.25) is 5.02 Å². The first-order valence-corrected chi connectivity index (χ1v) is 6.04. The molecule has 0 aliphatic rings. The smallest absolute Gasteiger partial charge is 0.319 e. The first kappa shape index (κ1) is 15.2. The summed E-state index contributed by atoms with van der Waals surface area (Å²) in [6, 6.07) is 3.25. The lowest BCUT2D eigenvalue weighted by Gasteiger charge is -2.12. The predicted octanol–water partition coefficient (Wildman–Crippen LogP) is 2.71. The second-order valence-corrected chi connectivity index (χ2v) is 4.31. The van der Waals surface area contributed by atoms with Crippen LogP contribution in [0, 0.1) is 11.7 Å². The maximum absolute atomic E-state index is 13.1. The minimum atomic E-state index is -0.972. The third-order valence-electron chi connectivity index (χ3n) is 2.53. The summed E-state index contributed by atoms with van der Waals surface area (Å²) in [5.74, 6) is -2.26. The van der Waals surface area contributed by atoms with E-state index in [1.807, 2.05) is 0 Å². The van der Waals surface area contributed by atoms with Gasteiger partial charge in [0.25, 0.3) is 0 Å². The van der Waals surface area contributed by atoms with Crippen LogP contribution in [0.25, 0.3) is 0 Å². The monoisotopic (exact) mass is 288 g/mol. The summed E-state index contributed by atoms with van der Waals surface area (Å²) in [7, 11) is 0. The Labute approximate surface area is 114 Å². The number of rotatable bonds is 5. The van der Waals surface area contributed by atoms with Crippen LogP contribution in [-0.4, -0.2) is 23.7 Å². The third-order valence-corrected chi connectivity index (χ3v) is 2.84. The minimum Gasteiger partial charge on any atom is -0.481 e. The molecular weight excluding hydrogens is 275 g/mol. The van der Waals surface area contributed by atoms with Crippen molar-refractivity contribution in [3.63, 3.8) is 0 Å². The zero-order valence-electron chi connectivity index (χ0n) is 10.2. The van der Waals surface area contributed by atoms with Gasteiger partial charge >= 0.3 is 12.0 Å². The van der Waals surface area contributed by atoms with E-state index in [2.05, 4.69) is 10.6 Å². The number of hydrogen-bond acceptors (Lipinski definition) is 2. The molecular formula is C12H14ClFN2O3. The molecule has 0 aromatic heterocycles. The summed E-state index contributed by atoms with van der Waals surface area (Å²) < 4.78 is 13.1. The van der Waals surface area contributed by atoms with Crippen molar-refractivity contribution in [1.82, 2.24) is 5.32 Å². The zero-order chi connectivity index (χ0) is 14.4. The van der Waals surface area contributed by atoms with Crippen LogP contribution in [0.5, 0.6) is 0 Å². The Morgan fingerprint density at radius 3 is 2.68 bits per heavy atom. The van der Waals surface area contributed by atoms with Crippen LogP contribution in [-0.2, 0) is 4.79 Å². The van der Waals surface area contributed by atoms with Crippen LogP contribution < -0.4 is 10.6 Å². The molecule has 0 saturated heterocycles. The van der Waals surface area contributed by atoms with Gasteiger partial charge in [-0.05, 0) is 24.6 Å². The number of anilines is 1. The maximum Gasteiger partial charge on any atom is 0.319 e. The van der Waals surface area contributed by atoms with E-state index in [0.29, 0.717) is 6.42 Å². The fraction of sp³-hybridized carbons (Fsp3) is 0.333. The Hall–Kier alpha value is -1.82. The molecule has 0 bridgehead atoms. The van der Waals surface area contributed by atoms with Gasteiger partial charge in [0.15, 0.2) is 0 Å². The van der Waals surface area contributed by atoms with E-state index in [4.69, 9.17) is 16.7 Å². The molecule has 1 aromatic carbocycles. The Morgan fingerprint density at radius 2 is 2.16 bits per heavy atom. The summed E-state index contributed by atoms with van der Waals surface area (Å²) in [6.07, 6.45) is 0.408. The first-order valence-electron chi connectivity index (χ1n) is 5.66. The lowest BCUT2D eigenvalue weighted by molar-refractivity contribution is -0.141. The Balaban J connectivity index is 2.51. The summed E-state index contributed by atoms with van der Waals surface area (Å²) in [5.41, 5.74) is 0.239. The Morgan fingerprint density at radius 1 is 1.47 bits per heavy atom. The predicted molar refractivity (Wildman–Crippen MR) is 69.8 cm³/mol. The number of hydrogen-bond donors (Lipinski definition) is 3. The van der Waals surface area contributed by atoms with E-state index in [1.165, 1.54) is 12.1 Å². The standard InChI is InChI=1S/C12H14ClFN2O3/c1-2-7(11(17)18)6-15-12(19)16-8-3-4-9(13)10(14)5-8/h3-5,7H,2,6H2,1H3,(H,17,18)(H2,15,16,19). The molecule has 0 aliphatic carbocycles. The van der Waals surface area contributed by atoms with E-state index in [1.54, 1.807) is 6.92 Å². The molecule has 0 spiro atoms. The summed E-state index contributed by atoms with van der Waals surface area (Å²) in [6.45, 7) is 1.72. The molecule has 0 fully saturated rings. The molecule has 0 aliphatic heterocycles. The Bertz CT molecular complexity index is 482. The number of carboxylic acid groups (broad SMARTS) is 1. The van der Waals surface area contributed by atoms with E-state index in [0.717, 1.165) is 6.07 Å². The fourth-order valence-corrected chi connectivity index (χ4v) is 1.49. The lowest BCUT2D eigenvalue weighted by Crippen LogP contribution is -2.35. The third kappa shape index (κ3) is 4.75. The van der Waals surface area contributed by atoms with Crippen LogP contribution in [0.1, 0.15) is 13.3 Å². The van der Waals surface area contributed by atoms with Crippen molar-refractivity contribution in [1.29, 1.82) is 0 Å². The summed E-state index contributed by atoms with van der Waals surface area (Å²) >= 11 is 5.50. The van der Waals surface area contributed by atoms with Crippen LogP contribution in [0.15, 0.2) is 18.2 Å². The number of urea groups is 1. The van der Waals surface area contributed by atoms with E-state index in [9.17, 15) is 14.0 Å². The van der Waals surface area contributed by atoms with Gasteiger partial charge in [-0.1, -0.05) is 18.5 Å². The molecule has 0 radical (unpaired) electrons. The van der Waals surface area contributed by atoms with Gasteiger partial charge in [0.1, 0.15) is 5.82 Å². The van der Waals surface area contributed by atoms with Crippen LogP contribution >= 0.6 is 11.6 Å².